The average Bonchev–Trinajstić information content (AvgIpc) is 2.98. The number of rotatable bonds is 8. The molecule has 0 unspecified atom stereocenters. The quantitative estimate of drug-likeness (QED) is 0.437. The maximum Gasteiger partial charge on any atom is 0.347 e. The van der Waals surface area contributed by atoms with Crippen molar-refractivity contribution in [2.24, 2.45) is 11.8 Å². The van der Waals surface area contributed by atoms with E-state index in [0.29, 0.717) is 12.2 Å². The van der Waals surface area contributed by atoms with Crippen LogP contribution in [0.3, 0.4) is 0 Å². The molecule has 1 aliphatic rings. The van der Waals surface area contributed by atoms with Gasteiger partial charge in [-0.3, -0.25) is 14.4 Å². The highest BCUT2D eigenvalue weighted by Crippen LogP contribution is 2.20. The van der Waals surface area contributed by atoms with Gasteiger partial charge in [0.1, 0.15) is 17.9 Å². The summed E-state index contributed by atoms with van der Waals surface area (Å²) in [6.07, 6.45) is 5.76. The highest BCUT2D eigenvalue weighted by Gasteiger charge is 2.30. The van der Waals surface area contributed by atoms with Gasteiger partial charge in [0.05, 0.1) is 13.5 Å². The third-order valence-electron chi connectivity index (χ3n) is 6.97. The molecule has 0 aromatic heterocycles. The maximum atomic E-state index is 13.2. The van der Waals surface area contributed by atoms with Crippen LogP contribution in [0.2, 0.25) is 0 Å². The zero-order chi connectivity index (χ0) is 31.2. The highest BCUT2D eigenvalue weighted by atomic mass is 16.6. The summed E-state index contributed by atoms with van der Waals surface area (Å²) in [6, 6.07) is 16.1. The predicted molar refractivity (Wildman–Crippen MR) is 164 cm³/mol. The molecule has 43 heavy (non-hydrogen) atoms. The lowest BCUT2D eigenvalue weighted by Crippen LogP contribution is -2.48. The number of hydrogen-bond acceptors (Lipinski definition) is 7. The molecule has 0 spiro atoms. The molecule has 0 bridgehead atoms. The van der Waals surface area contributed by atoms with Crippen LogP contribution in [0.4, 0.5) is 0 Å². The first kappa shape index (κ1) is 33.1. The van der Waals surface area contributed by atoms with Crippen molar-refractivity contribution < 1.29 is 33.4 Å². The van der Waals surface area contributed by atoms with Gasteiger partial charge in [-0.1, -0.05) is 81.5 Å². The van der Waals surface area contributed by atoms with Crippen LogP contribution in [-0.4, -0.2) is 55.7 Å². The van der Waals surface area contributed by atoms with Gasteiger partial charge < -0.3 is 24.8 Å². The van der Waals surface area contributed by atoms with Gasteiger partial charge in [-0.25, -0.2) is 4.79 Å². The Hall–Kier alpha value is -4.40. The first-order valence-corrected chi connectivity index (χ1v) is 14.7. The second-order valence-corrected chi connectivity index (χ2v) is 11.0. The fourth-order valence-electron chi connectivity index (χ4n) is 4.53. The third kappa shape index (κ3) is 11.4. The fraction of sp³-hybridized carbons (Fsp3) is 0.412. The zero-order valence-electron chi connectivity index (χ0n) is 25.3. The standard InChI is InChI=1S/C34H42N2O7/c1-23(2)21-30-34(40)43-29(24(3)13-14-25-9-6-5-7-10-25)11-8-12-31(37)36-28(33(39)35-20-19-32(38)42-30)22-26-15-17-27(41-4)18-16-26/h5-10,12-18,23-24,28-30H,11,19-22H2,1-4H3,(H,35,39)(H,36,37)/b12-8+,14-13+/t24-,28-,29-,30-/m0/s1. The fourth-order valence-corrected chi connectivity index (χ4v) is 4.53. The van der Waals surface area contributed by atoms with E-state index in [2.05, 4.69) is 10.6 Å². The molecule has 1 heterocycles. The van der Waals surface area contributed by atoms with Crippen molar-refractivity contribution >= 4 is 29.8 Å². The number of hydrogen-bond donors (Lipinski definition) is 2. The first-order valence-electron chi connectivity index (χ1n) is 14.7. The summed E-state index contributed by atoms with van der Waals surface area (Å²) in [4.78, 5) is 51.9. The molecule has 2 N–H and O–H groups in total. The van der Waals surface area contributed by atoms with E-state index >= 15 is 0 Å². The van der Waals surface area contributed by atoms with Crippen molar-refractivity contribution in [1.82, 2.24) is 10.6 Å². The average molecular weight is 591 g/mol. The zero-order valence-corrected chi connectivity index (χ0v) is 25.3. The van der Waals surface area contributed by atoms with E-state index in [9.17, 15) is 19.2 Å². The number of cyclic esters (lactones) is 2. The SMILES string of the molecule is COc1ccc(C[C@@H]2NC(=O)/C=C/C[C@@H]([C@@H](C)/C=C/c3ccccc3)OC(=O)[C@H](CC(C)C)OC(=O)CCNC2=O)cc1. The van der Waals surface area contributed by atoms with Crippen molar-refractivity contribution in [2.45, 2.75) is 64.7 Å². The Labute approximate surface area is 253 Å². The van der Waals surface area contributed by atoms with Crippen LogP contribution in [0.15, 0.2) is 72.8 Å². The monoisotopic (exact) mass is 590 g/mol. The first-order chi connectivity index (χ1) is 20.6. The molecule has 2 amide bonds. The maximum absolute atomic E-state index is 13.2. The molecule has 0 saturated carbocycles. The van der Waals surface area contributed by atoms with E-state index in [1.807, 2.05) is 75.4 Å². The summed E-state index contributed by atoms with van der Waals surface area (Å²) in [5.41, 5.74) is 1.82. The summed E-state index contributed by atoms with van der Waals surface area (Å²) in [5.74, 6) is -1.65. The molecule has 0 radical (unpaired) electrons. The predicted octanol–water partition coefficient (Wildman–Crippen LogP) is 4.41. The Morgan fingerprint density at radius 1 is 0.977 bits per heavy atom. The van der Waals surface area contributed by atoms with Crippen molar-refractivity contribution in [2.75, 3.05) is 13.7 Å². The van der Waals surface area contributed by atoms with Crippen LogP contribution in [0.1, 0.15) is 51.2 Å². The van der Waals surface area contributed by atoms with E-state index in [1.54, 1.807) is 25.3 Å². The summed E-state index contributed by atoms with van der Waals surface area (Å²) in [7, 11) is 1.57. The molecule has 0 saturated heterocycles. The molecule has 0 fully saturated rings. The Bertz CT molecular complexity index is 1270. The second-order valence-electron chi connectivity index (χ2n) is 11.0. The van der Waals surface area contributed by atoms with Gasteiger partial charge in [0.25, 0.3) is 0 Å². The van der Waals surface area contributed by atoms with Crippen LogP contribution >= 0.6 is 0 Å². The molecule has 1 aliphatic heterocycles. The largest absolute Gasteiger partial charge is 0.497 e. The number of methoxy groups -OCH3 is 1. The van der Waals surface area contributed by atoms with E-state index in [4.69, 9.17) is 14.2 Å². The van der Waals surface area contributed by atoms with Gasteiger partial charge in [-0.15, -0.1) is 0 Å². The van der Waals surface area contributed by atoms with Gasteiger partial charge in [-0.2, -0.15) is 0 Å². The molecular weight excluding hydrogens is 548 g/mol. The number of amides is 2. The van der Waals surface area contributed by atoms with Gasteiger partial charge >= 0.3 is 11.9 Å². The minimum absolute atomic E-state index is 0.0180. The Balaban J connectivity index is 1.84. The van der Waals surface area contributed by atoms with Gasteiger partial charge in [0.15, 0.2) is 6.10 Å². The Morgan fingerprint density at radius 2 is 1.70 bits per heavy atom. The summed E-state index contributed by atoms with van der Waals surface area (Å²) >= 11 is 0. The van der Waals surface area contributed by atoms with Gasteiger partial charge in [-0.05, 0) is 41.7 Å². The Kier molecular flexibility index (Phi) is 13.0. The van der Waals surface area contributed by atoms with Crippen LogP contribution in [-0.2, 0) is 35.1 Å². The normalized spacial score (nSPS) is 22.3. The molecule has 9 nitrogen and oxygen atoms in total. The van der Waals surface area contributed by atoms with Crippen LogP contribution < -0.4 is 15.4 Å². The van der Waals surface area contributed by atoms with E-state index < -0.39 is 42.0 Å². The van der Waals surface area contributed by atoms with Gasteiger partial charge in [0.2, 0.25) is 11.8 Å². The Morgan fingerprint density at radius 3 is 2.37 bits per heavy atom. The van der Waals surface area contributed by atoms with Crippen molar-refractivity contribution in [3.05, 3.63) is 84.0 Å². The van der Waals surface area contributed by atoms with Crippen molar-refractivity contribution in [1.29, 1.82) is 0 Å². The number of carbonyl (C=O) groups excluding carboxylic acids is 4. The summed E-state index contributed by atoms with van der Waals surface area (Å²) in [6.45, 7) is 5.75. The van der Waals surface area contributed by atoms with Crippen molar-refractivity contribution in [3.63, 3.8) is 0 Å². The molecular formula is C34H42N2O7. The number of ether oxygens (including phenoxy) is 3. The molecule has 3 rings (SSSR count). The smallest absolute Gasteiger partial charge is 0.347 e. The second kappa shape index (κ2) is 16.9. The molecule has 0 aliphatic carbocycles. The van der Waals surface area contributed by atoms with E-state index in [1.165, 1.54) is 6.08 Å². The minimum atomic E-state index is -1.08. The number of esters is 2. The lowest BCUT2D eigenvalue weighted by molar-refractivity contribution is -0.173. The van der Waals surface area contributed by atoms with Crippen LogP contribution in [0, 0.1) is 11.8 Å². The van der Waals surface area contributed by atoms with E-state index in [-0.39, 0.29) is 37.6 Å². The number of benzene rings is 2. The molecule has 4 atom stereocenters. The lowest BCUT2D eigenvalue weighted by atomic mass is 9.99. The number of nitrogens with one attached hydrogen (secondary N) is 2. The van der Waals surface area contributed by atoms with Gasteiger partial charge in [0, 0.05) is 25.3 Å². The molecule has 230 valence electrons. The van der Waals surface area contributed by atoms with Crippen LogP contribution in [0.5, 0.6) is 5.75 Å². The summed E-state index contributed by atoms with van der Waals surface area (Å²) in [5, 5.41) is 5.46. The highest BCUT2D eigenvalue weighted by molar-refractivity contribution is 5.93. The third-order valence-corrected chi connectivity index (χ3v) is 6.97. The van der Waals surface area contributed by atoms with Crippen molar-refractivity contribution in [3.8, 4) is 5.75 Å². The van der Waals surface area contributed by atoms with Crippen LogP contribution in [0.25, 0.3) is 6.08 Å². The lowest BCUT2D eigenvalue weighted by Gasteiger charge is -2.25. The number of carbonyl (C=O) groups is 4. The molecule has 2 aromatic rings. The summed E-state index contributed by atoms with van der Waals surface area (Å²) < 4.78 is 16.7. The van der Waals surface area contributed by atoms with E-state index in [0.717, 1.165) is 11.1 Å². The minimum Gasteiger partial charge on any atom is -0.497 e. The molecule has 2 aromatic carbocycles. The topological polar surface area (TPSA) is 120 Å². The molecule has 9 heteroatoms.